The van der Waals surface area contributed by atoms with Gasteiger partial charge < -0.3 is 9.32 Å². The van der Waals surface area contributed by atoms with Gasteiger partial charge >= 0.3 is 0 Å². The van der Waals surface area contributed by atoms with Crippen LogP contribution in [0.3, 0.4) is 0 Å². The lowest BCUT2D eigenvalue weighted by molar-refractivity contribution is -0.135. The van der Waals surface area contributed by atoms with Gasteiger partial charge in [0.25, 0.3) is 0 Å². The number of likely N-dealkylation sites (tertiary alicyclic amines) is 1. The zero-order valence-electron chi connectivity index (χ0n) is 14.6. The Balaban J connectivity index is 1.64. The molecule has 7 nitrogen and oxygen atoms in total. The van der Waals surface area contributed by atoms with Gasteiger partial charge in [0.2, 0.25) is 17.7 Å². The van der Waals surface area contributed by atoms with Crippen LogP contribution >= 0.6 is 0 Å². The van der Waals surface area contributed by atoms with Gasteiger partial charge in [0, 0.05) is 25.3 Å². The number of nitrogens with one attached hydrogen (secondary N) is 1. The molecule has 1 atom stereocenters. The molecule has 0 spiro atoms. The molecule has 1 amide bonds. The van der Waals surface area contributed by atoms with Crippen molar-refractivity contribution in [2.75, 3.05) is 6.54 Å². The van der Waals surface area contributed by atoms with Gasteiger partial charge in [0.05, 0.1) is 17.9 Å². The van der Waals surface area contributed by atoms with E-state index in [0.29, 0.717) is 24.6 Å². The Kier molecular flexibility index (Phi) is 4.97. The summed E-state index contributed by atoms with van der Waals surface area (Å²) in [5.74, 6) is 1.51. The van der Waals surface area contributed by atoms with E-state index in [9.17, 15) is 4.79 Å². The lowest BCUT2D eigenvalue weighted by Gasteiger charge is -2.35. The van der Waals surface area contributed by atoms with Gasteiger partial charge in [-0.1, -0.05) is 13.8 Å². The highest BCUT2D eigenvalue weighted by Gasteiger charge is 2.30. The monoisotopic (exact) mass is 331 g/mol. The molecule has 130 valence electrons. The van der Waals surface area contributed by atoms with Crippen molar-refractivity contribution < 1.29 is 9.21 Å². The highest BCUT2D eigenvalue weighted by Crippen LogP contribution is 2.32. The number of nitrogens with zero attached hydrogens (tertiary/aromatic N) is 4. The van der Waals surface area contributed by atoms with Crippen LogP contribution < -0.4 is 0 Å². The number of aromatic amines is 1. The van der Waals surface area contributed by atoms with E-state index in [0.717, 1.165) is 37.1 Å². The molecule has 0 saturated carbocycles. The zero-order valence-corrected chi connectivity index (χ0v) is 14.6. The van der Waals surface area contributed by atoms with E-state index in [1.165, 1.54) is 0 Å². The molecule has 0 aliphatic carbocycles. The van der Waals surface area contributed by atoms with Crippen molar-refractivity contribution in [3.05, 3.63) is 29.2 Å². The number of rotatable bonds is 5. The van der Waals surface area contributed by atoms with E-state index in [4.69, 9.17) is 4.42 Å². The molecule has 0 radical (unpaired) electrons. The number of hydrogen-bond donors (Lipinski definition) is 1. The maximum atomic E-state index is 12.7. The van der Waals surface area contributed by atoms with E-state index in [2.05, 4.69) is 20.4 Å². The maximum Gasteiger partial charge on any atom is 0.223 e. The van der Waals surface area contributed by atoms with Gasteiger partial charge in [0.1, 0.15) is 0 Å². The topological polar surface area (TPSA) is 87.9 Å². The number of piperidine rings is 1. The van der Waals surface area contributed by atoms with E-state index in [-0.39, 0.29) is 17.9 Å². The van der Waals surface area contributed by atoms with Crippen molar-refractivity contribution in [1.82, 2.24) is 25.3 Å². The minimum absolute atomic E-state index is 0.0997. The second kappa shape index (κ2) is 7.15. The van der Waals surface area contributed by atoms with Gasteiger partial charge in [-0.15, -0.1) is 10.2 Å². The van der Waals surface area contributed by atoms with E-state index in [1.54, 1.807) is 0 Å². The summed E-state index contributed by atoms with van der Waals surface area (Å²) < 4.78 is 5.59. The van der Waals surface area contributed by atoms with Crippen molar-refractivity contribution in [2.24, 2.45) is 0 Å². The predicted octanol–water partition coefficient (Wildman–Crippen LogP) is 2.91. The third kappa shape index (κ3) is 3.49. The first-order valence-electron chi connectivity index (χ1n) is 8.68. The lowest BCUT2D eigenvalue weighted by Crippen LogP contribution is -2.39. The summed E-state index contributed by atoms with van der Waals surface area (Å²) in [5, 5.41) is 15.2. The molecule has 0 bridgehead atoms. The number of aryl methyl sites for hydroxylation is 2. The molecule has 2 aromatic heterocycles. The van der Waals surface area contributed by atoms with Gasteiger partial charge in [-0.2, -0.15) is 5.10 Å². The molecule has 2 aromatic rings. The van der Waals surface area contributed by atoms with Gasteiger partial charge in [-0.05, 0) is 31.7 Å². The van der Waals surface area contributed by atoms with Crippen LogP contribution in [0, 0.1) is 6.92 Å². The Hall–Kier alpha value is -2.18. The summed E-state index contributed by atoms with van der Waals surface area (Å²) in [5.41, 5.74) is 2.17. The first kappa shape index (κ1) is 16.7. The second-order valence-corrected chi connectivity index (χ2v) is 6.75. The summed E-state index contributed by atoms with van der Waals surface area (Å²) in [4.78, 5) is 14.7. The second-order valence-electron chi connectivity index (χ2n) is 6.75. The van der Waals surface area contributed by atoms with Crippen LogP contribution in [0.15, 0.2) is 10.6 Å². The van der Waals surface area contributed by atoms with Crippen molar-refractivity contribution >= 4 is 5.91 Å². The molecule has 3 heterocycles. The molecule has 3 rings (SSSR count). The summed E-state index contributed by atoms with van der Waals surface area (Å²) >= 11 is 0. The van der Waals surface area contributed by atoms with Crippen LogP contribution in [-0.2, 0) is 11.2 Å². The molecule has 7 heteroatoms. The normalized spacial score (nSPS) is 18.3. The maximum absolute atomic E-state index is 12.7. The third-order valence-corrected chi connectivity index (χ3v) is 4.55. The standard InChI is InChI=1S/C17H25N5O2/c1-11(2)17-21-19-14(24-17)7-8-15(23)22-9-5-4-6-13(22)16-12(3)10-18-20-16/h10-11,13H,4-9H2,1-3H3,(H,18,20)/t13-/m1/s1. The van der Waals surface area contributed by atoms with Gasteiger partial charge in [-0.3, -0.25) is 9.89 Å². The largest absolute Gasteiger partial charge is 0.425 e. The van der Waals surface area contributed by atoms with Crippen LogP contribution in [0.1, 0.15) is 74.5 Å². The number of aromatic nitrogens is 4. The summed E-state index contributed by atoms with van der Waals surface area (Å²) in [6.45, 7) is 6.84. The fourth-order valence-corrected chi connectivity index (χ4v) is 3.18. The highest BCUT2D eigenvalue weighted by molar-refractivity contribution is 5.77. The molecule has 1 N–H and O–H groups in total. The highest BCUT2D eigenvalue weighted by atomic mass is 16.4. The smallest absolute Gasteiger partial charge is 0.223 e. The molecule has 0 aromatic carbocycles. The minimum atomic E-state index is 0.0997. The molecular weight excluding hydrogens is 306 g/mol. The Labute approximate surface area is 141 Å². The lowest BCUT2D eigenvalue weighted by atomic mass is 9.97. The third-order valence-electron chi connectivity index (χ3n) is 4.55. The zero-order chi connectivity index (χ0) is 17.1. The number of H-pyrrole nitrogens is 1. The van der Waals surface area contributed by atoms with Crippen molar-refractivity contribution in [3.63, 3.8) is 0 Å². The Morgan fingerprint density at radius 1 is 1.42 bits per heavy atom. The average Bonchev–Trinajstić information content (AvgIpc) is 3.21. The molecule has 1 aliphatic heterocycles. The van der Waals surface area contributed by atoms with Crippen molar-refractivity contribution in [3.8, 4) is 0 Å². The fourth-order valence-electron chi connectivity index (χ4n) is 3.18. The van der Waals surface area contributed by atoms with Gasteiger partial charge in [0.15, 0.2) is 0 Å². The van der Waals surface area contributed by atoms with Gasteiger partial charge in [-0.25, -0.2) is 0 Å². The molecule has 24 heavy (non-hydrogen) atoms. The summed E-state index contributed by atoms with van der Waals surface area (Å²) in [7, 11) is 0. The van der Waals surface area contributed by atoms with E-state index in [1.807, 2.05) is 31.9 Å². The SMILES string of the molecule is Cc1cn[nH]c1[C@H]1CCCCN1C(=O)CCc1nnc(C(C)C)o1. The Morgan fingerprint density at radius 3 is 2.92 bits per heavy atom. The summed E-state index contributed by atoms with van der Waals surface area (Å²) in [6.07, 6.45) is 5.86. The van der Waals surface area contributed by atoms with Crippen LogP contribution in [0.2, 0.25) is 0 Å². The number of hydrogen-bond acceptors (Lipinski definition) is 5. The van der Waals surface area contributed by atoms with Crippen molar-refractivity contribution in [2.45, 2.75) is 64.8 Å². The van der Waals surface area contributed by atoms with E-state index >= 15 is 0 Å². The first-order valence-corrected chi connectivity index (χ1v) is 8.68. The average molecular weight is 331 g/mol. The summed E-state index contributed by atoms with van der Waals surface area (Å²) in [6, 6.07) is 0.0997. The Bertz CT molecular complexity index is 691. The predicted molar refractivity (Wildman–Crippen MR) is 88.3 cm³/mol. The molecule has 1 aliphatic rings. The molecule has 0 unspecified atom stereocenters. The molecular formula is C17H25N5O2. The quantitative estimate of drug-likeness (QED) is 0.910. The van der Waals surface area contributed by atoms with Crippen LogP contribution in [0.4, 0.5) is 0 Å². The van der Waals surface area contributed by atoms with Crippen LogP contribution in [0.25, 0.3) is 0 Å². The van der Waals surface area contributed by atoms with E-state index < -0.39 is 0 Å². The Morgan fingerprint density at radius 2 is 2.25 bits per heavy atom. The number of carbonyl (C=O) groups excluding carboxylic acids is 1. The number of amides is 1. The first-order chi connectivity index (χ1) is 11.6. The fraction of sp³-hybridized carbons (Fsp3) is 0.647. The van der Waals surface area contributed by atoms with Crippen LogP contribution in [-0.4, -0.2) is 37.7 Å². The number of carbonyl (C=O) groups is 1. The van der Waals surface area contributed by atoms with Crippen LogP contribution in [0.5, 0.6) is 0 Å². The van der Waals surface area contributed by atoms with Crippen molar-refractivity contribution in [1.29, 1.82) is 0 Å². The molecule has 1 fully saturated rings. The molecule has 1 saturated heterocycles. The minimum Gasteiger partial charge on any atom is -0.425 e.